The van der Waals surface area contributed by atoms with E-state index in [1.807, 2.05) is 13.8 Å². The normalized spacial score (nSPS) is 10.5. The van der Waals surface area contributed by atoms with Crippen LogP contribution in [0.3, 0.4) is 0 Å². The van der Waals surface area contributed by atoms with Crippen LogP contribution in [0.4, 0.5) is 11.6 Å². The van der Waals surface area contributed by atoms with E-state index in [-0.39, 0.29) is 23.4 Å². The van der Waals surface area contributed by atoms with Crippen LogP contribution in [0.25, 0.3) is 0 Å². The molecule has 0 bridgehead atoms. The van der Waals surface area contributed by atoms with Crippen molar-refractivity contribution < 1.29 is 4.79 Å². The highest BCUT2D eigenvalue weighted by Gasteiger charge is 2.18. The molecule has 0 atom stereocenters. The third-order valence-electron chi connectivity index (χ3n) is 2.02. The molecule has 0 spiro atoms. The van der Waals surface area contributed by atoms with Crippen LogP contribution in [0.15, 0.2) is 6.33 Å². The van der Waals surface area contributed by atoms with Crippen LogP contribution in [0.5, 0.6) is 0 Å². The number of nitrogen functional groups attached to an aromatic ring is 1. The van der Waals surface area contributed by atoms with Gasteiger partial charge in [-0.1, -0.05) is 11.6 Å². The minimum Gasteiger partial charge on any atom is -0.382 e. The van der Waals surface area contributed by atoms with Crippen LogP contribution in [0.2, 0.25) is 5.02 Å². The average Bonchev–Trinajstić information content (AvgIpc) is 2.18. The summed E-state index contributed by atoms with van der Waals surface area (Å²) in [6.07, 6.45) is 1.30. The topological polar surface area (TPSA) is 98.1 Å². The fourth-order valence-electron chi connectivity index (χ4n) is 1.24. The maximum atomic E-state index is 10.9. The largest absolute Gasteiger partial charge is 0.382 e. The Morgan fingerprint density at radius 3 is 2.69 bits per heavy atom. The molecule has 1 heterocycles. The molecule has 1 rings (SSSR count). The number of hydrogen-bond donors (Lipinski definition) is 2. The number of carbonyl (C=O) groups is 1. The van der Waals surface area contributed by atoms with Gasteiger partial charge >= 0.3 is 0 Å². The molecule has 6 nitrogen and oxygen atoms in total. The minimum atomic E-state index is -0.457. The van der Waals surface area contributed by atoms with Crippen molar-refractivity contribution in [3.8, 4) is 0 Å². The molecule has 0 aromatic carbocycles. The third-order valence-corrected chi connectivity index (χ3v) is 2.38. The maximum Gasteiger partial charge on any atom is 0.237 e. The highest BCUT2D eigenvalue weighted by Crippen LogP contribution is 2.27. The van der Waals surface area contributed by atoms with E-state index in [1.54, 1.807) is 4.90 Å². The third kappa shape index (κ3) is 2.73. The highest BCUT2D eigenvalue weighted by molar-refractivity contribution is 6.35. The van der Waals surface area contributed by atoms with Gasteiger partial charge in [-0.05, 0) is 13.8 Å². The fraction of sp³-hybridized carbons (Fsp3) is 0.444. The summed E-state index contributed by atoms with van der Waals surface area (Å²) >= 11 is 5.97. The van der Waals surface area contributed by atoms with Gasteiger partial charge in [-0.15, -0.1) is 0 Å². The molecule has 1 aromatic rings. The number of primary amides is 1. The van der Waals surface area contributed by atoms with Crippen LogP contribution in [-0.4, -0.2) is 28.5 Å². The Kier molecular flexibility index (Phi) is 3.89. The standard InChI is InChI=1S/C9H14ClN5O/c1-5(2)15(3-6(11)16)9-7(10)8(12)13-4-14-9/h4-5H,3H2,1-2H3,(H2,11,16)(H2,12,13,14). The number of amides is 1. The number of hydrogen-bond acceptors (Lipinski definition) is 5. The summed E-state index contributed by atoms with van der Waals surface area (Å²) < 4.78 is 0. The molecule has 16 heavy (non-hydrogen) atoms. The molecule has 0 aliphatic heterocycles. The molecule has 0 saturated carbocycles. The smallest absolute Gasteiger partial charge is 0.237 e. The molecular formula is C9H14ClN5O. The zero-order valence-electron chi connectivity index (χ0n) is 9.14. The highest BCUT2D eigenvalue weighted by atomic mass is 35.5. The summed E-state index contributed by atoms with van der Waals surface area (Å²) in [7, 11) is 0. The van der Waals surface area contributed by atoms with Gasteiger partial charge in [0.05, 0.1) is 6.54 Å². The van der Waals surface area contributed by atoms with Gasteiger partial charge in [-0.3, -0.25) is 4.79 Å². The van der Waals surface area contributed by atoms with Crippen LogP contribution >= 0.6 is 11.6 Å². The lowest BCUT2D eigenvalue weighted by Crippen LogP contribution is -2.39. The van der Waals surface area contributed by atoms with Crippen molar-refractivity contribution in [2.24, 2.45) is 5.73 Å². The van der Waals surface area contributed by atoms with Gasteiger partial charge in [-0.25, -0.2) is 9.97 Å². The van der Waals surface area contributed by atoms with Crippen molar-refractivity contribution in [2.75, 3.05) is 17.2 Å². The Bertz CT molecular complexity index is 395. The monoisotopic (exact) mass is 243 g/mol. The molecule has 0 fully saturated rings. The first-order valence-electron chi connectivity index (χ1n) is 4.74. The summed E-state index contributed by atoms with van der Waals surface area (Å²) in [6, 6.07) is 0.0271. The van der Waals surface area contributed by atoms with Gasteiger partial charge in [-0.2, -0.15) is 0 Å². The van der Waals surface area contributed by atoms with Crippen molar-refractivity contribution in [1.29, 1.82) is 0 Å². The predicted molar refractivity (Wildman–Crippen MR) is 63.1 cm³/mol. The van der Waals surface area contributed by atoms with Crippen molar-refractivity contribution in [3.63, 3.8) is 0 Å². The Balaban J connectivity index is 3.10. The second-order valence-electron chi connectivity index (χ2n) is 3.58. The van der Waals surface area contributed by atoms with E-state index < -0.39 is 5.91 Å². The van der Waals surface area contributed by atoms with E-state index in [4.69, 9.17) is 23.1 Å². The van der Waals surface area contributed by atoms with E-state index in [9.17, 15) is 4.79 Å². The second kappa shape index (κ2) is 4.98. The van der Waals surface area contributed by atoms with Crippen LogP contribution in [0.1, 0.15) is 13.8 Å². The number of nitrogens with zero attached hydrogens (tertiary/aromatic N) is 3. The van der Waals surface area contributed by atoms with Gasteiger partial charge in [0.1, 0.15) is 17.2 Å². The fourth-order valence-corrected chi connectivity index (χ4v) is 1.45. The van der Waals surface area contributed by atoms with E-state index >= 15 is 0 Å². The first-order valence-corrected chi connectivity index (χ1v) is 5.12. The molecule has 1 amide bonds. The second-order valence-corrected chi connectivity index (χ2v) is 3.96. The number of carbonyl (C=O) groups excluding carboxylic acids is 1. The predicted octanol–water partition coefficient (Wildman–Crippen LogP) is 0.412. The van der Waals surface area contributed by atoms with E-state index in [0.29, 0.717) is 5.82 Å². The van der Waals surface area contributed by atoms with Crippen LogP contribution in [-0.2, 0) is 4.79 Å². The lowest BCUT2D eigenvalue weighted by Gasteiger charge is -2.27. The number of aromatic nitrogens is 2. The van der Waals surface area contributed by atoms with Gasteiger partial charge in [0.15, 0.2) is 5.82 Å². The van der Waals surface area contributed by atoms with Crippen molar-refractivity contribution in [3.05, 3.63) is 11.3 Å². The number of nitrogens with two attached hydrogens (primary N) is 2. The van der Waals surface area contributed by atoms with Gasteiger partial charge < -0.3 is 16.4 Å². The van der Waals surface area contributed by atoms with E-state index in [0.717, 1.165) is 0 Å². The molecule has 0 radical (unpaired) electrons. The van der Waals surface area contributed by atoms with Gasteiger partial charge in [0, 0.05) is 6.04 Å². The van der Waals surface area contributed by atoms with Gasteiger partial charge in [0.25, 0.3) is 0 Å². The molecule has 7 heteroatoms. The number of anilines is 2. The zero-order valence-corrected chi connectivity index (χ0v) is 9.90. The molecular weight excluding hydrogens is 230 g/mol. The lowest BCUT2D eigenvalue weighted by molar-refractivity contribution is -0.116. The summed E-state index contributed by atoms with van der Waals surface area (Å²) in [4.78, 5) is 20.4. The summed E-state index contributed by atoms with van der Waals surface area (Å²) in [5.41, 5.74) is 10.7. The summed E-state index contributed by atoms with van der Waals surface area (Å²) in [6.45, 7) is 3.84. The van der Waals surface area contributed by atoms with Crippen molar-refractivity contribution >= 4 is 29.1 Å². The van der Waals surface area contributed by atoms with Crippen LogP contribution in [0, 0.1) is 0 Å². The number of halogens is 1. The minimum absolute atomic E-state index is 0.0271. The van der Waals surface area contributed by atoms with Gasteiger partial charge in [0.2, 0.25) is 5.91 Å². The Morgan fingerprint density at radius 2 is 2.19 bits per heavy atom. The van der Waals surface area contributed by atoms with Crippen molar-refractivity contribution in [1.82, 2.24) is 9.97 Å². The van der Waals surface area contributed by atoms with Crippen LogP contribution < -0.4 is 16.4 Å². The molecule has 0 aliphatic carbocycles. The Labute approximate surface area is 98.6 Å². The first-order chi connectivity index (χ1) is 7.43. The molecule has 0 unspecified atom stereocenters. The molecule has 1 aromatic heterocycles. The lowest BCUT2D eigenvalue weighted by atomic mass is 10.3. The molecule has 0 saturated heterocycles. The Hall–Kier alpha value is -1.56. The Morgan fingerprint density at radius 1 is 1.56 bits per heavy atom. The molecule has 88 valence electrons. The number of rotatable bonds is 4. The first kappa shape index (κ1) is 12.5. The average molecular weight is 244 g/mol. The summed E-state index contributed by atoms with van der Waals surface area (Å²) in [5.74, 6) is 0.145. The summed E-state index contributed by atoms with van der Waals surface area (Å²) in [5, 5.41) is 0.234. The zero-order chi connectivity index (χ0) is 12.3. The van der Waals surface area contributed by atoms with Crippen molar-refractivity contribution in [2.45, 2.75) is 19.9 Å². The molecule has 4 N–H and O–H groups in total. The van der Waals surface area contributed by atoms with E-state index in [1.165, 1.54) is 6.33 Å². The van der Waals surface area contributed by atoms with E-state index in [2.05, 4.69) is 9.97 Å². The molecule has 0 aliphatic rings. The maximum absolute atomic E-state index is 10.9. The SMILES string of the molecule is CC(C)N(CC(N)=O)c1ncnc(N)c1Cl. The quantitative estimate of drug-likeness (QED) is 0.798.